The van der Waals surface area contributed by atoms with Crippen LogP contribution < -0.4 is 5.73 Å². The van der Waals surface area contributed by atoms with Gasteiger partial charge in [0.05, 0.1) is 6.42 Å². The Kier molecular flexibility index (Phi) is 5.41. The van der Waals surface area contributed by atoms with Gasteiger partial charge in [-0.05, 0) is 52.9 Å². The molecule has 4 nitrogen and oxygen atoms in total. The van der Waals surface area contributed by atoms with Crippen molar-refractivity contribution in [1.29, 1.82) is 0 Å². The van der Waals surface area contributed by atoms with Crippen LogP contribution in [0.15, 0.2) is 61.3 Å². The summed E-state index contributed by atoms with van der Waals surface area (Å²) in [6, 6.07) is 13.3. The van der Waals surface area contributed by atoms with E-state index in [1.54, 1.807) is 30.3 Å². The number of primary amides is 1. The van der Waals surface area contributed by atoms with Gasteiger partial charge in [-0.3, -0.25) is 4.79 Å². The van der Waals surface area contributed by atoms with Gasteiger partial charge in [0, 0.05) is 18.4 Å². The van der Waals surface area contributed by atoms with Gasteiger partial charge in [0.2, 0.25) is 5.91 Å². The molecule has 0 fully saturated rings. The Labute approximate surface area is 157 Å². The van der Waals surface area contributed by atoms with Gasteiger partial charge in [0.1, 0.15) is 11.6 Å². The maximum Gasteiger partial charge on any atom is 0.223 e. The summed E-state index contributed by atoms with van der Waals surface area (Å²) in [4.78, 5) is 11.7. The van der Waals surface area contributed by atoms with E-state index in [-0.39, 0.29) is 18.0 Å². The van der Waals surface area contributed by atoms with Gasteiger partial charge >= 0.3 is 0 Å². The largest absolute Gasteiger partial charge is 0.508 e. The molecule has 2 aromatic carbocycles. The number of hydrogen-bond acceptors (Lipinski definition) is 2. The molecule has 0 aliphatic carbocycles. The second-order valence-corrected chi connectivity index (χ2v) is 6.46. The minimum atomic E-state index is -0.443. The van der Waals surface area contributed by atoms with E-state index in [9.17, 15) is 14.3 Å². The van der Waals surface area contributed by atoms with Crippen LogP contribution in [-0.2, 0) is 24.2 Å². The van der Waals surface area contributed by atoms with E-state index in [4.69, 9.17) is 5.73 Å². The van der Waals surface area contributed by atoms with Crippen LogP contribution in [0.5, 0.6) is 5.75 Å². The number of aromatic nitrogens is 1. The molecule has 0 atom stereocenters. The molecule has 0 radical (unpaired) electrons. The van der Waals surface area contributed by atoms with E-state index in [1.165, 1.54) is 12.1 Å². The maximum absolute atomic E-state index is 13.6. The highest BCUT2D eigenvalue weighted by molar-refractivity contribution is 5.77. The summed E-state index contributed by atoms with van der Waals surface area (Å²) in [5, 5.41) is 9.70. The first-order chi connectivity index (χ1) is 13.0. The Morgan fingerprint density at radius 1 is 1.19 bits per heavy atom. The molecule has 0 saturated heterocycles. The molecular weight excluding hydrogens is 343 g/mol. The van der Waals surface area contributed by atoms with Crippen molar-refractivity contribution in [3.8, 4) is 5.75 Å². The van der Waals surface area contributed by atoms with Gasteiger partial charge in [0.25, 0.3) is 0 Å². The van der Waals surface area contributed by atoms with Crippen molar-refractivity contribution in [2.24, 2.45) is 5.73 Å². The number of rotatable bonds is 7. The molecular formula is C22H21FN2O2. The highest BCUT2D eigenvalue weighted by Crippen LogP contribution is 2.25. The number of carbonyl (C=O) groups is 1. The number of nitrogens with two attached hydrogens (primary N) is 1. The number of phenols is 1. The lowest BCUT2D eigenvalue weighted by atomic mass is 10.00. The van der Waals surface area contributed by atoms with E-state index < -0.39 is 5.91 Å². The summed E-state index contributed by atoms with van der Waals surface area (Å²) in [6.07, 6.45) is 4.16. The molecule has 0 spiro atoms. The predicted octanol–water partition coefficient (Wildman–Crippen LogP) is 3.64. The quantitative estimate of drug-likeness (QED) is 0.672. The van der Waals surface area contributed by atoms with Crippen LogP contribution in [0.1, 0.15) is 27.9 Å². The molecule has 1 heterocycles. The standard InChI is InChI=1S/C22H21FN2O2/c1-2-17-14-25(13-16-6-4-8-19(26)10-16)21(12-22(24)27)20(17)11-15-5-3-7-18(23)9-15/h2-10,14,26H,1,11-13H2,(H2,24,27). The average Bonchev–Trinajstić information content (AvgIpc) is 2.91. The third-order valence-electron chi connectivity index (χ3n) is 4.43. The minimum Gasteiger partial charge on any atom is -0.508 e. The minimum absolute atomic E-state index is 0.0668. The lowest BCUT2D eigenvalue weighted by Gasteiger charge is -2.11. The monoisotopic (exact) mass is 364 g/mol. The molecule has 27 heavy (non-hydrogen) atoms. The van der Waals surface area contributed by atoms with Crippen LogP contribution in [0, 0.1) is 5.82 Å². The van der Waals surface area contributed by atoms with E-state index >= 15 is 0 Å². The van der Waals surface area contributed by atoms with E-state index in [0.717, 1.165) is 27.9 Å². The number of amides is 1. The molecule has 5 heteroatoms. The van der Waals surface area contributed by atoms with E-state index in [1.807, 2.05) is 22.9 Å². The topological polar surface area (TPSA) is 68.2 Å². The van der Waals surface area contributed by atoms with Crippen molar-refractivity contribution in [3.05, 3.63) is 95.1 Å². The Morgan fingerprint density at radius 2 is 1.93 bits per heavy atom. The van der Waals surface area contributed by atoms with Crippen LogP contribution >= 0.6 is 0 Å². The summed E-state index contributed by atoms with van der Waals surface area (Å²) in [5.41, 5.74) is 9.70. The van der Waals surface area contributed by atoms with Crippen LogP contribution in [0.25, 0.3) is 6.08 Å². The SMILES string of the molecule is C=Cc1cn(Cc2cccc(O)c2)c(CC(N)=O)c1Cc1cccc(F)c1. The molecule has 0 bridgehead atoms. The van der Waals surface area contributed by atoms with Crippen molar-refractivity contribution in [1.82, 2.24) is 4.57 Å². The van der Waals surface area contributed by atoms with Crippen LogP contribution in [0.3, 0.4) is 0 Å². The summed E-state index contributed by atoms with van der Waals surface area (Å²) in [7, 11) is 0. The molecule has 0 unspecified atom stereocenters. The molecule has 138 valence electrons. The Morgan fingerprint density at radius 3 is 2.59 bits per heavy atom. The fourth-order valence-corrected chi connectivity index (χ4v) is 3.26. The van der Waals surface area contributed by atoms with Gasteiger partial charge in [-0.2, -0.15) is 0 Å². The maximum atomic E-state index is 13.6. The number of benzene rings is 2. The summed E-state index contributed by atoms with van der Waals surface area (Å²) >= 11 is 0. The zero-order valence-corrected chi connectivity index (χ0v) is 14.9. The zero-order chi connectivity index (χ0) is 19.4. The average molecular weight is 364 g/mol. The summed E-state index contributed by atoms with van der Waals surface area (Å²) in [6.45, 7) is 4.34. The summed E-state index contributed by atoms with van der Waals surface area (Å²) < 4.78 is 15.5. The van der Waals surface area contributed by atoms with Crippen LogP contribution in [0.4, 0.5) is 4.39 Å². The number of aromatic hydroxyl groups is 1. The van der Waals surface area contributed by atoms with E-state index in [0.29, 0.717) is 13.0 Å². The predicted molar refractivity (Wildman–Crippen MR) is 104 cm³/mol. The molecule has 0 saturated carbocycles. The Hall–Kier alpha value is -3.34. The van der Waals surface area contributed by atoms with Gasteiger partial charge in [-0.1, -0.05) is 36.9 Å². The van der Waals surface area contributed by atoms with Crippen LogP contribution in [-0.4, -0.2) is 15.6 Å². The molecule has 3 rings (SSSR count). The highest BCUT2D eigenvalue weighted by atomic mass is 19.1. The van der Waals surface area contributed by atoms with Gasteiger partial charge in [-0.15, -0.1) is 0 Å². The fourth-order valence-electron chi connectivity index (χ4n) is 3.26. The third-order valence-corrected chi connectivity index (χ3v) is 4.43. The molecule has 0 aliphatic rings. The van der Waals surface area contributed by atoms with Crippen molar-refractivity contribution in [2.75, 3.05) is 0 Å². The second-order valence-electron chi connectivity index (χ2n) is 6.46. The highest BCUT2D eigenvalue weighted by Gasteiger charge is 2.17. The molecule has 3 N–H and O–H groups in total. The molecule has 1 amide bonds. The summed E-state index contributed by atoms with van der Waals surface area (Å²) in [5.74, 6) is -0.565. The zero-order valence-electron chi connectivity index (χ0n) is 14.9. The lowest BCUT2D eigenvalue weighted by molar-refractivity contribution is -0.117. The van der Waals surface area contributed by atoms with Crippen molar-refractivity contribution in [2.45, 2.75) is 19.4 Å². The Balaban J connectivity index is 2.04. The van der Waals surface area contributed by atoms with Gasteiger partial charge in [-0.25, -0.2) is 4.39 Å². The number of nitrogens with zero attached hydrogens (tertiary/aromatic N) is 1. The third kappa shape index (κ3) is 4.44. The van der Waals surface area contributed by atoms with E-state index in [2.05, 4.69) is 6.58 Å². The first kappa shape index (κ1) is 18.5. The number of halogens is 1. The van der Waals surface area contributed by atoms with Crippen molar-refractivity contribution in [3.63, 3.8) is 0 Å². The van der Waals surface area contributed by atoms with Crippen molar-refractivity contribution < 1.29 is 14.3 Å². The molecule has 0 aliphatic heterocycles. The second kappa shape index (κ2) is 7.91. The first-order valence-electron chi connectivity index (χ1n) is 8.60. The Bertz CT molecular complexity index is 992. The molecule has 1 aromatic heterocycles. The first-order valence-corrected chi connectivity index (χ1v) is 8.60. The van der Waals surface area contributed by atoms with Crippen molar-refractivity contribution >= 4 is 12.0 Å². The fraction of sp³-hybridized carbons (Fsp3) is 0.136. The number of phenolic OH excluding ortho intramolecular Hbond substituents is 1. The smallest absolute Gasteiger partial charge is 0.223 e. The lowest BCUT2D eigenvalue weighted by Crippen LogP contribution is -2.18. The number of hydrogen-bond donors (Lipinski definition) is 2. The normalized spacial score (nSPS) is 10.7. The molecule has 3 aromatic rings. The van der Waals surface area contributed by atoms with Gasteiger partial charge in [0.15, 0.2) is 0 Å². The number of carbonyl (C=O) groups excluding carboxylic acids is 1. The van der Waals surface area contributed by atoms with Crippen LogP contribution in [0.2, 0.25) is 0 Å². The van der Waals surface area contributed by atoms with Gasteiger partial charge < -0.3 is 15.4 Å².